The van der Waals surface area contributed by atoms with Gasteiger partial charge >= 0.3 is 5.97 Å². The number of amides is 1. The smallest absolute Gasteiger partial charge is 0.306 e. The molecule has 10 nitrogen and oxygen atoms in total. The number of aromatic nitrogens is 3. The number of rotatable bonds is 13. The number of carbonyl (C=O) groups is 2. The first-order valence-electron chi connectivity index (χ1n) is 18.4. The van der Waals surface area contributed by atoms with Crippen LogP contribution in [0.15, 0.2) is 60.8 Å². The van der Waals surface area contributed by atoms with Crippen molar-refractivity contribution in [2.24, 2.45) is 5.92 Å². The standard InChI is InChI=1S/C40H41Cl2N7O3S/c41-35-27(3-1-5-29(35)30-15-11-24(37(47-30)22-7-8-22)19-43-20-26-14-16-33(50)46-26)28-4-2-6-31(36(28)42)48-39-38-32(17-18-44-39)53-34(49-38)21-45-25-12-9-23(10-13-25)40(51)52/h1-6,11,15,17-18,22-23,25-26,43,45H,7-10,12-14,16,19-21H2,(H,44,48)(H,46,50)(H,51,52)/t23?,25?,26-/m0/s1. The first-order valence-corrected chi connectivity index (χ1v) is 19.9. The van der Waals surface area contributed by atoms with Crippen molar-refractivity contribution in [2.75, 3.05) is 11.9 Å². The zero-order chi connectivity index (χ0) is 36.5. The molecule has 2 aliphatic carbocycles. The van der Waals surface area contributed by atoms with E-state index in [0.29, 0.717) is 59.8 Å². The number of carboxylic acid groups (broad SMARTS) is 1. The molecule has 1 saturated heterocycles. The van der Waals surface area contributed by atoms with Gasteiger partial charge < -0.3 is 26.4 Å². The van der Waals surface area contributed by atoms with E-state index in [9.17, 15) is 14.7 Å². The molecule has 53 heavy (non-hydrogen) atoms. The normalized spacial score (nSPS) is 20.1. The Kier molecular flexibility index (Phi) is 10.6. The molecule has 0 bridgehead atoms. The van der Waals surface area contributed by atoms with E-state index in [-0.39, 0.29) is 23.9 Å². The summed E-state index contributed by atoms with van der Waals surface area (Å²) in [6.07, 6.45) is 8.61. The number of carbonyl (C=O) groups excluding carboxylic acids is 1. The third-order valence-corrected chi connectivity index (χ3v) is 12.4. The van der Waals surface area contributed by atoms with E-state index in [1.54, 1.807) is 17.5 Å². The number of nitrogens with one attached hydrogen (secondary N) is 4. The van der Waals surface area contributed by atoms with Gasteiger partial charge in [0.25, 0.3) is 0 Å². The number of carboxylic acids is 1. The topological polar surface area (TPSA) is 141 Å². The van der Waals surface area contributed by atoms with Gasteiger partial charge in [-0.2, -0.15) is 0 Å². The number of thiazole rings is 1. The minimum absolute atomic E-state index is 0.129. The molecule has 0 unspecified atom stereocenters. The Bertz CT molecular complexity index is 2170. The second kappa shape index (κ2) is 15.7. The molecule has 0 radical (unpaired) electrons. The third kappa shape index (κ3) is 8.05. The minimum atomic E-state index is -0.691. The summed E-state index contributed by atoms with van der Waals surface area (Å²) in [7, 11) is 0. The molecule has 4 heterocycles. The van der Waals surface area contributed by atoms with Crippen LogP contribution in [0.1, 0.15) is 73.5 Å². The molecule has 1 aliphatic heterocycles. The summed E-state index contributed by atoms with van der Waals surface area (Å²) in [5, 5.41) is 24.9. The van der Waals surface area contributed by atoms with Crippen LogP contribution in [0.2, 0.25) is 10.0 Å². The maximum atomic E-state index is 11.6. The molecule has 0 spiro atoms. The fraction of sp³-hybridized carbons (Fsp3) is 0.375. The summed E-state index contributed by atoms with van der Waals surface area (Å²) in [5.74, 6) is 0.271. The molecule has 8 rings (SSSR count). The zero-order valence-corrected chi connectivity index (χ0v) is 31.5. The number of halogens is 2. The van der Waals surface area contributed by atoms with E-state index >= 15 is 0 Å². The van der Waals surface area contributed by atoms with Gasteiger partial charge in [-0.05, 0) is 68.7 Å². The lowest BCUT2D eigenvalue weighted by Crippen LogP contribution is -2.35. The molecule has 1 amide bonds. The second-order valence-electron chi connectivity index (χ2n) is 14.3. The van der Waals surface area contributed by atoms with Crippen LogP contribution in [-0.2, 0) is 22.7 Å². The Balaban J connectivity index is 0.988. The average Bonchev–Trinajstić information content (AvgIpc) is 3.79. The average molecular weight is 771 g/mol. The van der Waals surface area contributed by atoms with E-state index in [4.69, 9.17) is 33.2 Å². The Morgan fingerprint density at radius 1 is 0.887 bits per heavy atom. The van der Waals surface area contributed by atoms with Crippen molar-refractivity contribution in [3.8, 4) is 22.4 Å². The largest absolute Gasteiger partial charge is 0.481 e. The van der Waals surface area contributed by atoms with Gasteiger partial charge in [0.1, 0.15) is 10.5 Å². The number of hydrogen-bond donors (Lipinski definition) is 5. The van der Waals surface area contributed by atoms with Crippen molar-refractivity contribution in [3.63, 3.8) is 0 Å². The minimum Gasteiger partial charge on any atom is -0.481 e. The van der Waals surface area contributed by atoms with E-state index in [2.05, 4.69) is 32.3 Å². The van der Waals surface area contributed by atoms with Crippen LogP contribution in [0.3, 0.4) is 0 Å². The fourth-order valence-corrected chi connectivity index (χ4v) is 8.99. The highest BCUT2D eigenvalue weighted by atomic mass is 35.5. The van der Waals surface area contributed by atoms with Crippen molar-refractivity contribution in [1.82, 2.24) is 30.9 Å². The molecule has 5 N–H and O–H groups in total. The monoisotopic (exact) mass is 769 g/mol. The third-order valence-electron chi connectivity index (χ3n) is 10.6. The molecule has 274 valence electrons. The lowest BCUT2D eigenvalue weighted by Gasteiger charge is -2.26. The molecule has 2 saturated carbocycles. The van der Waals surface area contributed by atoms with Crippen molar-refractivity contribution >= 4 is 68.1 Å². The van der Waals surface area contributed by atoms with E-state index < -0.39 is 5.97 Å². The molecule has 3 fully saturated rings. The Labute approximate surface area is 322 Å². The molecular formula is C40H41Cl2N7O3S. The SMILES string of the molecule is O=C1CC[C@@H](CNCc2ccc(-c3cccc(-c4cccc(Nc5nccc6sc(CNC7CCC(C(=O)O)CC7)nc56)c4Cl)c3Cl)nc2C2CC2)N1. The van der Waals surface area contributed by atoms with Crippen LogP contribution in [0, 0.1) is 5.92 Å². The first-order chi connectivity index (χ1) is 25.8. The van der Waals surface area contributed by atoms with Gasteiger partial charge in [-0.3, -0.25) is 14.6 Å². The molecule has 3 aliphatic rings. The van der Waals surface area contributed by atoms with Gasteiger partial charge in [-0.15, -0.1) is 11.3 Å². The van der Waals surface area contributed by atoms with Gasteiger partial charge in [0.15, 0.2) is 5.82 Å². The number of nitrogens with zero attached hydrogens (tertiary/aromatic N) is 3. The number of hydrogen-bond acceptors (Lipinski definition) is 9. The van der Waals surface area contributed by atoms with Crippen LogP contribution in [-0.4, -0.2) is 50.6 Å². The van der Waals surface area contributed by atoms with Gasteiger partial charge in [-0.25, -0.2) is 9.97 Å². The second-order valence-corrected chi connectivity index (χ2v) is 16.2. The van der Waals surface area contributed by atoms with Crippen LogP contribution in [0.4, 0.5) is 11.5 Å². The first kappa shape index (κ1) is 35.9. The summed E-state index contributed by atoms with van der Waals surface area (Å²) in [5.41, 5.74) is 7.03. The van der Waals surface area contributed by atoms with Crippen LogP contribution in [0.25, 0.3) is 32.6 Å². The Morgan fingerprint density at radius 3 is 2.42 bits per heavy atom. The highest BCUT2D eigenvalue weighted by Crippen LogP contribution is 2.44. The van der Waals surface area contributed by atoms with Crippen molar-refractivity contribution in [2.45, 2.75) is 82.5 Å². The molecule has 13 heteroatoms. The molecule has 3 aromatic heterocycles. The van der Waals surface area contributed by atoms with E-state index in [1.165, 1.54) is 5.56 Å². The van der Waals surface area contributed by atoms with Crippen LogP contribution in [0.5, 0.6) is 0 Å². The number of aliphatic carboxylic acids is 1. The predicted molar refractivity (Wildman–Crippen MR) is 211 cm³/mol. The van der Waals surface area contributed by atoms with Gasteiger partial charge in [0, 0.05) is 72.6 Å². The van der Waals surface area contributed by atoms with Gasteiger partial charge in [0.05, 0.1) is 32.0 Å². The summed E-state index contributed by atoms with van der Waals surface area (Å²) >= 11 is 15.9. The summed E-state index contributed by atoms with van der Waals surface area (Å²) in [6, 6.07) is 18.4. The van der Waals surface area contributed by atoms with E-state index in [1.807, 2.05) is 48.5 Å². The maximum absolute atomic E-state index is 11.6. The Morgan fingerprint density at radius 2 is 1.66 bits per heavy atom. The number of benzene rings is 2. The van der Waals surface area contributed by atoms with Crippen molar-refractivity contribution < 1.29 is 14.7 Å². The molecule has 5 aromatic rings. The summed E-state index contributed by atoms with van der Waals surface area (Å²) in [4.78, 5) is 37.6. The summed E-state index contributed by atoms with van der Waals surface area (Å²) < 4.78 is 1.01. The molecule has 2 aromatic carbocycles. The highest BCUT2D eigenvalue weighted by Gasteiger charge is 2.29. The lowest BCUT2D eigenvalue weighted by atomic mass is 9.86. The zero-order valence-electron chi connectivity index (χ0n) is 29.1. The Hall–Kier alpha value is -4.13. The predicted octanol–water partition coefficient (Wildman–Crippen LogP) is 8.45. The number of pyridine rings is 2. The number of fused-ring (bicyclic) bond motifs is 1. The fourth-order valence-electron chi connectivity index (χ4n) is 7.47. The lowest BCUT2D eigenvalue weighted by molar-refractivity contribution is -0.142. The summed E-state index contributed by atoms with van der Waals surface area (Å²) in [6.45, 7) is 2.06. The highest BCUT2D eigenvalue weighted by molar-refractivity contribution is 7.18. The van der Waals surface area contributed by atoms with Gasteiger partial charge in [-0.1, -0.05) is 59.6 Å². The van der Waals surface area contributed by atoms with Crippen LogP contribution < -0.4 is 21.3 Å². The van der Waals surface area contributed by atoms with E-state index in [0.717, 1.165) is 82.0 Å². The molecule has 1 atom stereocenters. The quantitative estimate of drug-likeness (QED) is 0.0798. The molecular weight excluding hydrogens is 729 g/mol. The van der Waals surface area contributed by atoms with Crippen molar-refractivity contribution in [3.05, 3.63) is 87.1 Å². The maximum Gasteiger partial charge on any atom is 0.306 e. The number of anilines is 2. The van der Waals surface area contributed by atoms with Crippen molar-refractivity contribution in [1.29, 1.82) is 0 Å². The van der Waals surface area contributed by atoms with Crippen LogP contribution >= 0.6 is 34.5 Å². The van der Waals surface area contributed by atoms with Gasteiger partial charge in [0.2, 0.25) is 5.91 Å².